The van der Waals surface area contributed by atoms with Crippen molar-refractivity contribution in [2.75, 3.05) is 0 Å². The van der Waals surface area contributed by atoms with Crippen molar-refractivity contribution in [3.05, 3.63) is 0 Å². The van der Waals surface area contributed by atoms with Gasteiger partial charge in [0.2, 0.25) is 0 Å². The monoisotopic (exact) mass is 504 g/mol. The predicted molar refractivity (Wildman–Crippen MR) is 86.5 cm³/mol. The van der Waals surface area contributed by atoms with Gasteiger partial charge in [-0.2, -0.15) is 0 Å². The van der Waals surface area contributed by atoms with Gasteiger partial charge < -0.3 is 86.0 Å². The van der Waals surface area contributed by atoms with Crippen molar-refractivity contribution in [2.45, 2.75) is 36.9 Å². The molecule has 20 heteroatoms. The van der Waals surface area contributed by atoms with E-state index in [1.165, 1.54) is 0 Å². The Kier molecular flexibility index (Phi) is 38.0. The van der Waals surface area contributed by atoms with E-state index >= 15 is 0 Å². The van der Waals surface area contributed by atoms with Gasteiger partial charge in [0.15, 0.2) is 0 Å². The van der Waals surface area contributed by atoms with Crippen LogP contribution in [0.2, 0.25) is 0 Å². The SMILES string of the molecule is O.O.O.O=C([O-])CC(O)(CC(=O)[O-])C(=O)[O-].O=C([O-])CC(O)(CC(=O)[O-])C(=O)[O-].[Mg+2].[Mg+2].[Mg+2]. The van der Waals surface area contributed by atoms with Gasteiger partial charge in [0.1, 0.15) is 11.2 Å². The van der Waals surface area contributed by atoms with E-state index in [-0.39, 0.29) is 85.6 Å². The van der Waals surface area contributed by atoms with Crippen molar-refractivity contribution in [1.82, 2.24) is 0 Å². The first-order chi connectivity index (χ1) is 11.6. The number of hydrogen-bond acceptors (Lipinski definition) is 14. The molecule has 0 spiro atoms. The third-order valence-electron chi connectivity index (χ3n) is 2.51. The summed E-state index contributed by atoms with van der Waals surface area (Å²) in [6.07, 6.45) is -5.43. The van der Waals surface area contributed by atoms with Gasteiger partial charge in [-0.15, -0.1) is 0 Å². The van der Waals surface area contributed by atoms with Gasteiger partial charge in [0.05, 0.1) is 11.9 Å². The third kappa shape index (κ3) is 23.6. The Morgan fingerprint density at radius 2 is 0.594 bits per heavy atom. The molecule has 0 aliphatic carbocycles. The summed E-state index contributed by atoms with van der Waals surface area (Å²) in [6.45, 7) is 0. The fraction of sp³-hybridized carbons (Fsp3) is 0.500. The van der Waals surface area contributed by atoms with E-state index in [4.69, 9.17) is 10.2 Å². The van der Waals surface area contributed by atoms with Crippen molar-refractivity contribution < 1.29 is 86.0 Å². The molecule has 32 heavy (non-hydrogen) atoms. The summed E-state index contributed by atoms with van der Waals surface area (Å²) in [5, 5.41) is 77.9. The first-order valence-electron chi connectivity index (χ1n) is 6.23. The molecule has 172 valence electrons. The van der Waals surface area contributed by atoms with E-state index in [1.807, 2.05) is 0 Å². The summed E-state index contributed by atoms with van der Waals surface area (Å²) in [4.78, 5) is 60.0. The minimum absolute atomic E-state index is 0. The van der Waals surface area contributed by atoms with Crippen LogP contribution in [0.3, 0.4) is 0 Å². The molecular formula is C12H16Mg3O17. The summed E-state index contributed by atoms with van der Waals surface area (Å²) in [6, 6.07) is 0. The molecule has 0 amide bonds. The van der Waals surface area contributed by atoms with E-state index in [1.54, 1.807) is 0 Å². The average Bonchev–Trinajstić information content (AvgIpc) is 2.34. The Bertz CT molecular complexity index is 524. The van der Waals surface area contributed by atoms with Crippen LogP contribution >= 0.6 is 0 Å². The first-order valence-corrected chi connectivity index (χ1v) is 6.23. The number of carbonyl (C=O) groups is 6. The minimum atomic E-state index is -2.97. The number of hydrogen-bond donors (Lipinski definition) is 2. The summed E-state index contributed by atoms with van der Waals surface area (Å²) < 4.78 is 0. The maximum absolute atomic E-state index is 10.1. The molecule has 0 aromatic heterocycles. The number of rotatable bonds is 10. The number of aliphatic hydroxyl groups is 2. The Morgan fingerprint density at radius 3 is 0.656 bits per heavy atom. The molecule has 0 heterocycles. The second-order valence-corrected chi connectivity index (χ2v) is 4.83. The van der Waals surface area contributed by atoms with Crippen LogP contribution in [-0.2, 0) is 28.8 Å². The molecule has 8 N–H and O–H groups in total. The number of carboxylic acids is 6. The van der Waals surface area contributed by atoms with Crippen LogP contribution in [0.1, 0.15) is 25.7 Å². The van der Waals surface area contributed by atoms with Gasteiger partial charge in [-0.1, -0.05) is 0 Å². The normalized spacial score (nSPS) is 8.81. The average molecular weight is 505 g/mol. The van der Waals surface area contributed by atoms with E-state index < -0.39 is 72.7 Å². The molecule has 0 saturated carbocycles. The van der Waals surface area contributed by atoms with Gasteiger partial charge in [0.25, 0.3) is 0 Å². The number of carboxylic acid groups (broad SMARTS) is 6. The van der Waals surface area contributed by atoms with Gasteiger partial charge in [-0.05, 0) is 0 Å². The van der Waals surface area contributed by atoms with Crippen LogP contribution in [0.25, 0.3) is 0 Å². The molecule has 0 unspecified atom stereocenters. The molecule has 0 aromatic carbocycles. The summed E-state index contributed by atoms with van der Waals surface area (Å²) in [7, 11) is 0. The van der Waals surface area contributed by atoms with Crippen LogP contribution in [0, 0.1) is 0 Å². The van der Waals surface area contributed by atoms with Gasteiger partial charge in [0, 0.05) is 49.6 Å². The zero-order valence-corrected chi connectivity index (χ0v) is 20.5. The van der Waals surface area contributed by atoms with Gasteiger partial charge in [-0.3, -0.25) is 0 Å². The number of carbonyl (C=O) groups excluding carboxylic acids is 6. The second-order valence-electron chi connectivity index (χ2n) is 4.83. The van der Waals surface area contributed by atoms with Gasteiger partial charge in [-0.25, -0.2) is 0 Å². The summed E-state index contributed by atoms with van der Waals surface area (Å²) >= 11 is 0. The largest absolute Gasteiger partial charge is 2.00 e. The Hall–Kier alpha value is -1.08. The van der Waals surface area contributed by atoms with Crippen molar-refractivity contribution in [2.24, 2.45) is 0 Å². The molecule has 0 aromatic rings. The molecule has 0 aliphatic heterocycles. The zero-order valence-electron chi connectivity index (χ0n) is 16.2. The van der Waals surface area contributed by atoms with Crippen LogP contribution in [-0.4, -0.2) is 143 Å². The Labute approximate surface area is 226 Å². The fourth-order valence-corrected chi connectivity index (χ4v) is 1.37. The van der Waals surface area contributed by atoms with E-state index in [0.29, 0.717) is 0 Å². The zero-order chi connectivity index (χ0) is 21.3. The molecular weight excluding hydrogens is 489 g/mol. The first kappa shape index (κ1) is 52.7. The molecule has 0 aliphatic rings. The maximum atomic E-state index is 10.1. The van der Waals surface area contributed by atoms with E-state index in [2.05, 4.69) is 0 Å². The van der Waals surface area contributed by atoms with Crippen molar-refractivity contribution >= 4 is 105 Å². The van der Waals surface area contributed by atoms with Gasteiger partial charge >= 0.3 is 69.2 Å². The number of aliphatic carboxylic acids is 6. The molecule has 0 atom stereocenters. The predicted octanol–water partition coefficient (Wildman–Crippen LogP) is -14.1. The minimum Gasteiger partial charge on any atom is -0.550 e. The summed E-state index contributed by atoms with van der Waals surface area (Å²) in [5.41, 5.74) is -5.95. The Morgan fingerprint density at radius 1 is 0.469 bits per heavy atom. The quantitative estimate of drug-likeness (QED) is 0.260. The standard InChI is InChI=1S/2C6H8O7.3Mg.3H2O/c2*7-3(8)1-6(13,5(11)12)2-4(9)10;;;;;;/h2*13H,1-2H2,(H,7,8)(H,9,10)(H,11,12);;;;3*1H2/q;;3*+2;;;/p-6. The summed E-state index contributed by atoms with van der Waals surface area (Å²) in [5.74, 6) is -12.0. The fourth-order valence-electron chi connectivity index (χ4n) is 1.37. The Balaban J connectivity index is -0.0000000505. The molecule has 0 rings (SSSR count). The van der Waals surface area contributed by atoms with E-state index in [0.717, 1.165) is 0 Å². The van der Waals surface area contributed by atoms with Crippen molar-refractivity contribution in [3.8, 4) is 0 Å². The molecule has 0 bridgehead atoms. The molecule has 0 saturated heterocycles. The van der Waals surface area contributed by atoms with Crippen molar-refractivity contribution in [3.63, 3.8) is 0 Å². The topological polar surface area (TPSA) is 376 Å². The van der Waals surface area contributed by atoms with Crippen LogP contribution in [0.15, 0.2) is 0 Å². The molecule has 0 fully saturated rings. The maximum Gasteiger partial charge on any atom is 2.00 e. The van der Waals surface area contributed by atoms with E-state index in [9.17, 15) is 59.4 Å². The molecule has 17 nitrogen and oxygen atoms in total. The van der Waals surface area contributed by atoms with Crippen molar-refractivity contribution in [1.29, 1.82) is 0 Å². The third-order valence-corrected chi connectivity index (χ3v) is 2.51. The molecule has 0 radical (unpaired) electrons. The smallest absolute Gasteiger partial charge is 0.550 e. The second kappa shape index (κ2) is 23.1. The van der Waals surface area contributed by atoms with Crippen LogP contribution in [0.4, 0.5) is 0 Å². The van der Waals surface area contributed by atoms with Crippen LogP contribution in [0.5, 0.6) is 0 Å². The van der Waals surface area contributed by atoms with Crippen LogP contribution < -0.4 is 30.6 Å².